The summed E-state index contributed by atoms with van der Waals surface area (Å²) in [4.78, 5) is 21.9. The summed E-state index contributed by atoms with van der Waals surface area (Å²) in [6.45, 7) is 4.21. The summed E-state index contributed by atoms with van der Waals surface area (Å²) in [5.41, 5.74) is 6.47. The normalized spacial score (nSPS) is 9.67. The highest BCUT2D eigenvalue weighted by atomic mass is 16.5. The highest BCUT2D eigenvalue weighted by Gasteiger charge is 2.05. The van der Waals surface area contributed by atoms with Crippen LogP contribution in [0.2, 0.25) is 0 Å². The molecule has 4 N–H and O–H groups in total. The summed E-state index contributed by atoms with van der Waals surface area (Å²) in [5.74, 6) is 0.373. The van der Waals surface area contributed by atoms with E-state index in [0.29, 0.717) is 12.3 Å². The van der Waals surface area contributed by atoms with Gasteiger partial charge in [0, 0.05) is 11.8 Å². The molecule has 6 nitrogen and oxygen atoms in total. The van der Waals surface area contributed by atoms with Crippen LogP contribution in [0.5, 0.6) is 5.75 Å². The van der Waals surface area contributed by atoms with Crippen molar-refractivity contribution in [2.45, 2.75) is 13.8 Å². The number of aryl methyl sites for hydroxylation is 1. The molecule has 0 saturated heterocycles. The van der Waals surface area contributed by atoms with Gasteiger partial charge in [0.05, 0.1) is 13.2 Å². The second-order valence-corrected chi connectivity index (χ2v) is 3.68. The second-order valence-electron chi connectivity index (χ2n) is 3.68. The van der Waals surface area contributed by atoms with Gasteiger partial charge in [-0.25, -0.2) is 4.79 Å². The topological polar surface area (TPSA) is 93.4 Å². The Hall–Kier alpha value is -2.24. The summed E-state index contributed by atoms with van der Waals surface area (Å²) in [7, 11) is 0. The van der Waals surface area contributed by atoms with E-state index in [0.717, 1.165) is 11.3 Å². The average Bonchev–Trinajstić information content (AvgIpc) is 2.31. The molecule has 98 valence electrons. The predicted octanol–water partition coefficient (Wildman–Crippen LogP) is 1.00. The Morgan fingerprint density at radius 1 is 1.39 bits per heavy atom. The van der Waals surface area contributed by atoms with Gasteiger partial charge >= 0.3 is 6.03 Å². The molecule has 0 heterocycles. The molecule has 0 aliphatic heterocycles. The lowest BCUT2D eigenvalue weighted by atomic mass is 10.2. The molecule has 0 fully saturated rings. The Kier molecular flexibility index (Phi) is 4.98. The summed E-state index contributed by atoms with van der Waals surface area (Å²) in [6, 6.07) is 4.62. The third kappa shape index (κ3) is 4.32. The number of nitrogens with two attached hydrogens (primary N) is 1. The maximum Gasteiger partial charge on any atom is 0.312 e. The zero-order chi connectivity index (χ0) is 13.5. The molecule has 0 unspecified atom stereocenters. The fourth-order valence-corrected chi connectivity index (χ4v) is 1.36. The van der Waals surface area contributed by atoms with Gasteiger partial charge in [0.2, 0.25) is 5.91 Å². The van der Waals surface area contributed by atoms with Crippen molar-refractivity contribution < 1.29 is 14.3 Å². The van der Waals surface area contributed by atoms with Crippen LogP contribution in [0.3, 0.4) is 0 Å². The first-order valence-corrected chi connectivity index (χ1v) is 5.59. The van der Waals surface area contributed by atoms with Crippen LogP contribution in [0, 0.1) is 6.92 Å². The molecule has 1 rings (SSSR count). The van der Waals surface area contributed by atoms with Crippen LogP contribution in [-0.4, -0.2) is 25.1 Å². The molecule has 0 bridgehead atoms. The van der Waals surface area contributed by atoms with Crippen LogP contribution in [0.15, 0.2) is 18.2 Å². The number of hydrogen-bond donors (Lipinski definition) is 3. The van der Waals surface area contributed by atoms with Crippen LogP contribution in [0.4, 0.5) is 10.5 Å². The van der Waals surface area contributed by atoms with E-state index in [9.17, 15) is 9.59 Å². The zero-order valence-corrected chi connectivity index (χ0v) is 10.4. The fourth-order valence-electron chi connectivity index (χ4n) is 1.36. The minimum atomic E-state index is -0.732. The van der Waals surface area contributed by atoms with Gasteiger partial charge in [-0.2, -0.15) is 0 Å². The number of anilines is 1. The van der Waals surface area contributed by atoms with Crippen molar-refractivity contribution in [2.24, 2.45) is 5.73 Å². The van der Waals surface area contributed by atoms with Crippen LogP contribution in [-0.2, 0) is 4.79 Å². The molecule has 1 aromatic rings. The largest absolute Gasteiger partial charge is 0.494 e. The standard InChI is InChI=1S/C12H17N3O3/c1-3-18-10-6-9(5-4-8(10)2)15-11(16)7-14-12(13)17/h4-6H,3,7H2,1-2H3,(H,15,16)(H3,13,14,17). The summed E-state index contributed by atoms with van der Waals surface area (Å²) >= 11 is 0. The molecule has 18 heavy (non-hydrogen) atoms. The van der Waals surface area contributed by atoms with Gasteiger partial charge in [0.25, 0.3) is 0 Å². The molecule has 0 aliphatic rings. The number of rotatable bonds is 5. The first-order valence-electron chi connectivity index (χ1n) is 5.59. The van der Waals surface area contributed by atoms with E-state index in [2.05, 4.69) is 10.6 Å². The lowest BCUT2D eigenvalue weighted by Crippen LogP contribution is -2.36. The van der Waals surface area contributed by atoms with Gasteiger partial charge in [0.15, 0.2) is 0 Å². The second kappa shape index (κ2) is 6.48. The van der Waals surface area contributed by atoms with Gasteiger partial charge < -0.3 is 21.1 Å². The minimum absolute atomic E-state index is 0.160. The number of ether oxygens (including phenoxy) is 1. The molecule has 0 spiro atoms. The van der Waals surface area contributed by atoms with Gasteiger partial charge in [0.1, 0.15) is 5.75 Å². The van der Waals surface area contributed by atoms with E-state index in [1.807, 2.05) is 19.9 Å². The molecule has 6 heteroatoms. The number of benzene rings is 1. The lowest BCUT2D eigenvalue weighted by molar-refractivity contribution is -0.115. The van der Waals surface area contributed by atoms with Gasteiger partial charge in [-0.15, -0.1) is 0 Å². The molecule has 0 aromatic heterocycles. The van der Waals surface area contributed by atoms with Crippen molar-refractivity contribution in [3.63, 3.8) is 0 Å². The number of nitrogens with one attached hydrogen (secondary N) is 2. The number of primary amides is 1. The van der Waals surface area contributed by atoms with Gasteiger partial charge in [-0.1, -0.05) is 6.07 Å². The number of amides is 3. The minimum Gasteiger partial charge on any atom is -0.494 e. The van der Waals surface area contributed by atoms with E-state index in [1.165, 1.54) is 0 Å². The molecule has 0 radical (unpaired) electrons. The van der Waals surface area contributed by atoms with E-state index >= 15 is 0 Å². The smallest absolute Gasteiger partial charge is 0.312 e. The van der Waals surface area contributed by atoms with Crippen molar-refractivity contribution in [2.75, 3.05) is 18.5 Å². The molecule has 1 aromatic carbocycles. The predicted molar refractivity (Wildman–Crippen MR) is 68.6 cm³/mol. The van der Waals surface area contributed by atoms with E-state index in [1.54, 1.807) is 12.1 Å². The lowest BCUT2D eigenvalue weighted by Gasteiger charge is -2.10. The van der Waals surface area contributed by atoms with Crippen LogP contribution in [0.25, 0.3) is 0 Å². The quantitative estimate of drug-likeness (QED) is 0.728. The molecular weight excluding hydrogens is 234 g/mol. The molecular formula is C12H17N3O3. The van der Waals surface area contributed by atoms with Crippen LogP contribution in [0.1, 0.15) is 12.5 Å². The maximum atomic E-state index is 11.4. The highest BCUT2D eigenvalue weighted by Crippen LogP contribution is 2.22. The van der Waals surface area contributed by atoms with Crippen LogP contribution >= 0.6 is 0 Å². The average molecular weight is 251 g/mol. The first-order chi connectivity index (χ1) is 8.52. The maximum absolute atomic E-state index is 11.4. The molecule has 0 atom stereocenters. The summed E-state index contributed by atoms with van der Waals surface area (Å²) in [5, 5.41) is 4.85. The van der Waals surface area contributed by atoms with Crippen molar-refractivity contribution in [1.82, 2.24) is 5.32 Å². The molecule has 0 saturated carbocycles. The number of carbonyl (C=O) groups excluding carboxylic acids is 2. The Bertz CT molecular complexity index is 446. The number of urea groups is 1. The van der Waals surface area contributed by atoms with E-state index in [-0.39, 0.29) is 12.5 Å². The highest BCUT2D eigenvalue weighted by molar-refractivity contribution is 5.94. The Morgan fingerprint density at radius 2 is 2.11 bits per heavy atom. The van der Waals surface area contributed by atoms with Crippen LogP contribution < -0.4 is 21.1 Å². The van der Waals surface area contributed by atoms with Crippen molar-refractivity contribution in [3.8, 4) is 5.75 Å². The molecule has 0 aliphatic carbocycles. The SMILES string of the molecule is CCOc1cc(NC(=O)CNC(N)=O)ccc1C. The Balaban J connectivity index is 2.64. The third-order valence-electron chi connectivity index (χ3n) is 2.19. The van der Waals surface area contributed by atoms with Crippen molar-refractivity contribution in [1.29, 1.82) is 0 Å². The summed E-state index contributed by atoms with van der Waals surface area (Å²) in [6.07, 6.45) is 0. The Morgan fingerprint density at radius 3 is 2.72 bits per heavy atom. The summed E-state index contributed by atoms with van der Waals surface area (Å²) < 4.78 is 5.42. The van der Waals surface area contributed by atoms with E-state index in [4.69, 9.17) is 10.5 Å². The first kappa shape index (κ1) is 13.8. The van der Waals surface area contributed by atoms with Gasteiger partial charge in [-0.05, 0) is 25.5 Å². The monoisotopic (exact) mass is 251 g/mol. The van der Waals surface area contributed by atoms with Crippen molar-refractivity contribution >= 4 is 17.6 Å². The molecule has 3 amide bonds. The zero-order valence-electron chi connectivity index (χ0n) is 10.4. The van der Waals surface area contributed by atoms with Gasteiger partial charge in [-0.3, -0.25) is 4.79 Å². The van der Waals surface area contributed by atoms with Crippen molar-refractivity contribution in [3.05, 3.63) is 23.8 Å². The van der Waals surface area contributed by atoms with E-state index < -0.39 is 6.03 Å². The Labute approximate surface area is 105 Å². The fraction of sp³-hybridized carbons (Fsp3) is 0.333. The number of hydrogen-bond acceptors (Lipinski definition) is 3. The third-order valence-corrected chi connectivity index (χ3v) is 2.19. The number of carbonyl (C=O) groups is 2.